The Hall–Kier alpha value is -3.15. The highest BCUT2D eigenvalue weighted by Gasteiger charge is 2.29. The maximum atomic E-state index is 13.2. The van der Waals surface area contributed by atoms with Gasteiger partial charge in [0.2, 0.25) is 5.91 Å². The summed E-state index contributed by atoms with van der Waals surface area (Å²) < 4.78 is 18.9. The largest absolute Gasteiger partial charge is 0.487 e. The van der Waals surface area contributed by atoms with Crippen molar-refractivity contribution in [3.8, 4) is 5.75 Å². The highest BCUT2D eigenvalue weighted by molar-refractivity contribution is 5.79. The second kappa shape index (κ2) is 8.69. The molecule has 1 atom stereocenters. The van der Waals surface area contributed by atoms with E-state index in [4.69, 9.17) is 4.74 Å². The zero-order chi connectivity index (χ0) is 21.1. The molecule has 1 amide bonds. The van der Waals surface area contributed by atoms with E-state index in [0.717, 1.165) is 29.9 Å². The van der Waals surface area contributed by atoms with E-state index in [0.29, 0.717) is 25.3 Å². The van der Waals surface area contributed by atoms with E-state index < -0.39 is 0 Å². The maximum absolute atomic E-state index is 13.2. The fourth-order valence-electron chi connectivity index (χ4n) is 3.81. The summed E-state index contributed by atoms with van der Waals surface area (Å²) in [5.41, 5.74) is 5.28. The van der Waals surface area contributed by atoms with Gasteiger partial charge in [-0.05, 0) is 55.2 Å². The number of likely N-dealkylation sites (tertiary alicyclic amines) is 1. The van der Waals surface area contributed by atoms with Gasteiger partial charge in [-0.3, -0.25) is 9.89 Å². The first-order chi connectivity index (χ1) is 14.5. The lowest BCUT2D eigenvalue weighted by atomic mass is 10.0. The van der Waals surface area contributed by atoms with Crippen LogP contribution in [-0.2, 0) is 17.8 Å². The number of carbonyl (C=O) groups is 1. The van der Waals surface area contributed by atoms with E-state index in [-0.39, 0.29) is 17.6 Å². The zero-order valence-corrected chi connectivity index (χ0v) is 17.3. The third-order valence-electron chi connectivity index (χ3n) is 5.73. The summed E-state index contributed by atoms with van der Waals surface area (Å²) >= 11 is 0. The molecule has 0 aliphatic carbocycles. The van der Waals surface area contributed by atoms with Gasteiger partial charge in [0.25, 0.3) is 0 Å². The van der Waals surface area contributed by atoms with Crippen molar-refractivity contribution in [2.75, 3.05) is 13.1 Å². The van der Waals surface area contributed by atoms with Crippen molar-refractivity contribution in [3.63, 3.8) is 0 Å². The van der Waals surface area contributed by atoms with E-state index in [1.165, 1.54) is 23.3 Å². The standard InChI is InChI=1S/C24H26FN3O2/c1-16-6-7-18(10-17(16)2)11-24(29)28-9-8-19(14-28)23-13-21(26-27-23)15-30-22-5-3-4-20(25)12-22/h3-7,10,12-13,19H,8-9,11,14-15H2,1-2H3,(H,26,27)/t19-/m0/s1. The minimum atomic E-state index is -0.325. The molecular weight excluding hydrogens is 381 g/mol. The summed E-state index contributed by atoms with van der Waals surface area (Å²) in [5, 5.41) is 7.40. The zero-order valence-electron chi connectivity index (χ0n) is 17.3. The first kappa shape index (κ1) is 20.1. The number of H-pyrrole nitrogens is 1. The molecule has 1 aliphatic heterocycles. The van der Waals surface area contributed by atoms with Crippen LogP contribution in [0.4, 0.5) is 4.39 Å². The van der Waals surface area contributed by atoms with Crippen LogP contribution in [-0.4, -0.2) is 34.1 Å². The number of nitrogens with zero attached hydrogens (tertiary/aromatic N) is 2. The number of aromatic nitrogens is 2. The van der Waals surface area contributed by atoms with Crippen molar-refractivity contribution in [2.24, 2.45) is 0 Å². The van der Waals surface area contributed by atoms with Crippen LogP contribution in [0.25, 0.3) is 0 Å². The smallest absolute Gasteiger partial charge is 0.227 e. The van der Waals surface area contributed by atoms with Crippen LogP contribution in [0.2, 0.25) is 0 Å². The molecule has 2 aromatic carbocycles. The summed E-state index contributed by atoms with van der Waals surface area (Å²) in [7, 11) is 0. The average molecular weight is 407 g/mol. The number of benzene rings is 2. The molecule has 0 unspecified atom stereocenters. The first-order valence-electron chi connectivity index (χ1n) is 10.2. The molecule has 1 fully saturated rings. The fourth-order valence-corrected chi connectivity index (χ4v) is 3.81. The van der Waals surface area contributed by atoms with E-state index in [9.17, 15) is 9.18 Å². The van der Waals surface area contributed by atoms with Gasteiger partial charge in [0.05, 0.1) is 17.8 Å². The molecule has 1 N–H and O–H groups in total. The molecule has 3 aromatic rings. The number of halogens is 1. The Labute approximate surface area is 175 Å². The molecule has 2 heterocycles. The Balaban J connectivity index is 1.32. The fraction of sp³-hybridized carbons (Fsp3) is 0.333. The lowest BCUT2D eigenvalue weighted by molar-refractivity contribution is -0.129. The van der Waals surface area contributed by atoms with E-state index in [1.54, 1.807) is 12.1 Å². The molecule has 0 radical (unpaired) electrons. The number of aryl methyl sites for hydroxylation is 2. The van der Waals surface area contributed by atoms with Crippen molar-refractivity contribution in [2.45, 2.75) is 39.2 Å². The van der Waals surface area contributed by atoms with E-state index >= 15 is 0 Å². The van der Waals surface area contributed by atoms with Crippen molar-refractivity contribution in [1.29, 1.82) is 0 Å². The van der Waals surface area contributed by atoms with Crippen molar-refractivity contribution < 1.29 is 13.9 Å². The molecule has 156 valence electrons. The highest BCUT2D eigenvalue weighted by atomic mass is 19.1. The highest BCUT2D eigenvalue weighted by Crippen LogP contribution is 2.27. The number of amides is 1. The van der Waals surface area contributed by atoms with Gasteiger partial charge in [0.1, 0.15) is 18.2 Å². The Kier molecular flexibility index (Phi) is 5.84. The number of carbonyl (C=O) groups excluding carboxylic acids is 1. The van der Waals surface area contributed by atoms with Gasteiger partial charge in [-0.1, -0.05) is 24.3 Å². The predicted octanol–water partition coefficient (Wildman–Crippen LogP) is 4.30. The molecule has 1 aliphatic rings. The van der Waals surface area contributed by atoms with Crippen LogP contribution in [0.3, 0.4) is 0 Å². The molecule has 30 heavy (non-hydrogen) atoms. The van der Waals surface area contributed by atoms with Crippen LogP contribution in [0.1, 0.15) is 40.4 Å². The summed E-state index contributed by atoms with van der Waals surface area (Å²) in [6, 6.07) is 14.2. The molecule has 0 saturated carbocycles. The molecule has 1 saturated heterocycles. The van der Waals surface area contributed by atoms with Gasteiger partial charge in [-0.25, -0.2) is 4.39 Å². The van der Waals surface area contributed by atoms with Gasteiger partial charge in [-0.15, -0.1) is 0 Å². The van der Waals surface area contributed by atoms with Gasteiger partial charge in [0, 0.05) is 25.1 Å². The van der Waals surface area contributed by atoms with Crippen molar-refractivity contribution in [3.05, 3.63) is 82.4 Å². The second-order valence-corrected chi connectivity index (χ2v) is 7.98. The van der Waals surface area contributed by atoms with Crippen molar-refractivity contribution >= 4 is 5.91 Å². The van der Waals surface area contributed by atoms with Crippen LogP contribution in [0.5, 0.6) is 5.75 Å². The topological polar surface area (TPSA) is 58.2 Å². The number of rotatable bonds is 6. The van der Waals surface area contributed by atoms with Gasteiger partial charge < -0.3 is 9.64 Å². The van der Waals surface area contributed by atoms with E-state index in [1.807, 2.05) is 17.0 Å². The Morgan fingerprint density at radius 3 is 2.87 bits per heavy atom. The monoisotopic (exact) mass is 407 g/mol. The second-order valence-electron chi connectivity index (χ2n) is 7.98. The number of nitrogens with one attached hydrogen (secondary N) is 1. The van der Waals surface area contributed by atoms with Crippen LogP contribution in [0, 0.1) is 19.7 Å². The number of ether oxygens (including phenoxy) is 1. The Morgan fingerprint density at radius 2 is 2.07 bits per heavy atom. The third kappa shape index (κ3) is 4.70. The number of hydrogen-bond acceptors (Lipinski definition) is 3. The van der Waals surface area contributed by atoms with Crippen LogP contribution < -0.4 is 4.74 Å². The Bertz CT molecular complexity index is 1050. The quantitative estimate of drug-likeness (QED) is 0.663. The third-order valence-corrected chi connectivity index (χ3v) is 5.73. The lowest BCUT2D eigenvalue weighted by Gasteiger charge is -2.16. The molecular formula is C24H26FN3O2. The summed E-state index contributed by atoms with van der Waals surface area (Å²) in [6.07, 6.45) is 1.33. The molecule has 5 nitrogen and oxygen atoms in total. The average Bonchev–Trinajstić information content (AvgIpc) is 3.39. The normalized spacial score (nSPS) is 16.1. The number of hydrogen-bond donors (Lipinski definition) is 1. The van der Waals surface area contributed by atoms with Gasteiger partial charge in [-0.2, -0.15) is 5.10 Å². The Morgan fingerprint density at radius 1 is 1.20 bits per heavy atom. The van der Waals surface area contributed by atoms with Gasteiger partial charge in [0.15, 0.2) is 0 Å². The molecule has 0 spiro atoms. The van der Waals surface area contributed by atoms with Crippen molar-refractivity contribution in [1.82, 2.24) is 15.1 Å². The lowest BCUT2D eigenvalue weighted by Crippen LogP contribution is -2.29. The van der Waals surface area contributed by atoms with E-state index in [2.05, 4.69) is 36.2 Å². The SMILES string of the molecule is Cc1ccc(CC(=O)N2CC[C@H](c3cc(COc4cccc(F)c4)[nH]n3)C2)cc1C. The minimum Gasteiger partial charge on any atom is -0.487 e. The minimum absolute atomic E-state index is 0.158. The summed E-state index contributed by atoms with van der Waals surface area (Å²) in [5.74, 6) is 0.531. The van der Waals surface area contributed by atoms with Gasteiger partial charge >= 0.3 is 0 Å². The summed E-state index contributed by atoms with van der Waals surface area (Å²) in [4.78, 5) is 14.7. The molecule has 6 heteroatoms. The molecule has 0 bridgehead atoms. The summed E-state index contributed by atoms with van der Waals surface area (Å²) in [6.45, 7) is 5.86. The maximum Gasteiger partial charge on any atom is 0.227 e. The molecule has 4 rings (SSSR count). The first-order valence-corrected chi connectivity index (χ1v) is 10.2. The van der Waals surface area contributed by atoms with Crippen LogP contribution >= 0.6 is 0 Å². The molecule has 1 aromatic heterocycles. The predicted molar refractivity (Wildman–Crippen MR) is 113 cm³/mol. The van der Waals surface area contributed by atoms with Crippen LogP contribution in [0.15, 0.2) is 48.5 Å². The number of aromatic amines is 1.